The van der Waals surface area contributed by atoms with Gasteiger partial charge in [-0.3, -0.25) is 4.79 Å². The zero-order chi connectivity index (χ0) is 22.5. The van der Waals surface area contributed by atoms with Crippen LogP contribution < -0.4 is 10.2 Å². The van der Waals surface area contributed by atoms with Crippen molar-refractivity contribution in [2.45, 2.75) is 20.0 Å². The van der Waals surface area contributed by atoms with Crippen molar-refractivity contribution in [1.29, 1.82) is 0 Å². The highest BCUT2D eigenvalue weighted by molar-refractivity contribution is 9.10. The Morgan fingerprint density at radius 1 is 1.03 bits per heavy atom. The third-order valence-electron chi connectivity index (χ3n) is 4.69. The van der Waals surface area contributed by atoms with Crippen molar-refractivity contribution >= 4 is 39.0 Å². The maximum absolute atomic E-state index is 13.0. The fourth-order valence-corrected chi connectivity index (χ4v) is 3.74. The van der Waals surface area contributed by atoms with Crippen molar-refractivity contribution in [3.8, 4) is 17.0 Å². The molecule has 0 unspecified atom stereocenters. The Morgan fingerprint density at radius 3 is 2.66 bits per heavy atom. The molecule has 1 heterocycles. The van der Waals surface area contributed by atoms with Gasteiger partial charge in [-0.1, -0.05) is 58.4 Å². The van der Waals surface area contributed by atoms with Gasteiger partial charge in [0.15, 0.2) is 0 Å². The molecule has 5 nitrogen and oxygen atoms in total. The molecular formula is C26H22BrN3O2. The lowest BCUT2D eigenvalue weighted by Gasteiger charge is -2.12. The summed E-state index contributed by atoms with van der Waals surface area (Å²) in [5.74, 6) is 0.461. The smallest absolute Gasteiger partial charge is 0.272 e. The quantitative estimate of drug-likeness (QED) is 0.259. The number of hydrogen-bond donors (Lipinski definition) is 1. The lowest BCUT2D eigenvalue weighted by molar-refractivity contribution is 0.0956. The molecule has 4 aromatic rings. The molecule has 0 saturated heterocycles. The van der Waals surface area contributed by atoms with Crippen molar-refractivity contribution in [1.82, 2.24) is 10.4 Å². The summed E-state index contributed by atoms with van der Waals surface area (Å²) < 4.78 is 6.76. The van der Waals surface area contributed by atoms with E-state index in [4.69, 9.17) is 9.72 Å². The van der Waals surface area contributed by atoms with Crippen LogP contribution in [0.4, 0.5) is 0 Å². The Kier molecular flexibility index (Phi) is 6.61. The molecule has 1 N–H and O–H groups in total. The summed E-state index contributed by atoms with van der Waals surface area (Å²) in [6, 6.07) is 24.8. The van der Waals surface area contributed by atoms with Gasteiger partial charge in [-0.15, -0.1) is 0 Å². The van der Waals surface area contributed by atoms with E-state index in [-0.39, 0.29) is 12.0 Å². The molecule has 0 atom stereocenters. The molecule has 4 rings (SSSR count). The number of halogens is 1. The van der Waals surface area contributed by atoms with Crippen LogP contribution in [0.1, 0.15) is 29.8 Å². The summed E-state index contributed by atoms with van der Waals surface area (Å²) in [6.07, 6.45) is 1.68. The molecule has 3 aromatic carbocycles. The number of amides is 1. The van der Waals surface area contributed by atoms with Gasteiger partial charge in [0, 0.05) is 15.4 Å². The van der Waals surface area contributed by atoms with E-state index in [0.29, 0.717) is 11.3 Å². The van der Waals surface area contributed by atoms with Crippen LogP contribution in [0.5, 0.6) is 5.75 Å². The van der Waals surface area contributed by atoms with Crippen molar-refractivity contribution in [2.24, 2.45) is 5.10 Å². The van der Waals surface area contributed by atoms with Gasteiger partial charge >= 0.3 is 0 Å². The molecule has 0 fully saturated rings. The van der Waals surface area contributed by atoms with Crippen LogP contribution in [0.3, 0.4) is 0 Å². The number of nitrogens with one attached hydrogen (secondary N) is 1. The van der Waals surface area contributed by atoms with Crippen LogP contribution >= 0.6 is 15.9 Å². The second-order valence-corrected chi connectivity index (χ2v) is 8.44. The number of benzene rings is 3. The van der Waals surface area contributed by atoms with Crippen molar-refractivity contribution in [3.63, 3.8) is 0 Å². The fourth-order valence-electron chi connectivity index (χ4n) is 3.32. The van der Waals surface area contributed by atoms with Gasteiger partial charge in [-0.2, -0.15) is 5.10 Å². The Labute approximate surface area is 195 Å². The molecule has 6 heteroatoms. The number of carbonyl (C=O) groups excluding carboxylic acids is 1. The number of ether oxygens (including phenoxy) is 1. The van der Waals surface area contributed by atoms with E-state index >= 15 is 0 Å². The number of nitrogens with zero attached hydrogens (tertiary/aromatic N) is 2. The van der Waals surface area contributed by atoms with Gasteiger partial charge in [0.1, 0.15) is 5.75 Å². The van der Waals surface area contributed by atoms with Crippen molar-refractivity contribution in [3.05, 3.63) is 94.5 Å². The highest BCUT2D eigenvalue weighted by Gasteiger charge is 2.14. The number of fused-ring (bicyclic) bond motifs is 1. The Morgan fingerprint density at radius 2 is 1.84 bits per heavy atom. The molecule has 1 amide bonds. The van der Waals surface area contributed by atoms with Gasteiger partial charge in [0.25, 0.3) is 5.91 Å². The highest BCUT2D eigenvalue weighted by Crippen LogP contribution is 2.27. The topological polar surface area (TPSA) is 63.6 Å². The second kappa shape index (κ2) is 9.75. The Hall–Kier alpha value is -3.51. The van der Waals surface area contributed by atoms with E-state index in [1.165, 1.54) is 0 Å². The SMILES string of the molecule is CC(C)Oc1cccc(-c2cc(C(=O)N/N=C\c3cccc(Br)c3)c3ccccc3n2)c1. The summed E-state index contributed by atoms with van der Waals surface area (Å²) in [4.78, 5) is 17.8. The Bertz CT molecular complexity index is 1300. The zero-order valence-electron chi connectivity index (χ0n) is 17.7. The standard InChI is InChI=1S/C26H22BrN3O2/c1-17(2)32-21-10-6-8-19(14-21)25-15-23(22-11-3-4-12-24(22)29-25)26(31)30-28-16-18-7-5-9-20(27)13-18/h3-17H,1-2H3,(H,30,31)/b28-16-. The first-order valence-corrected chi connectivity index (χ1v) is 11.0. The van der Waals surface area contributed by atoms with Crippen LogP contribution in [0, 0.1) is 0 Å². The number of rotatable bonds is 6. The van der Waals surface area contributed by atoms with Gasteiger partial charge in [-0.05, 0) is 55.8 Å². The average molecular weight is 488 g/mol. The van der Waals surface area contributed by atoms with Crippen LogP contribution in [-0.2, 0) is 0 Å². The molecule has 0 saturated carbocycles. The predicted molar refractivity (Wildman–Crippen MR) is 132 cm³/mol. The minimum Gasteiger partial charge on any atom is -0.491 e. The minimum atomic E-state index is -0.300. The van der Waals surface area contributed by atoms with Crippen LogP contribution in [0.15, 0.2) is 88.4 Å². The largest absolute Gasteiger partial charge is 0.491 e. The van der Waals surface area contributed by atoms with Gasteiger partial charge < -0.3 is 4.74 Å². The zero-order valence-corrected chi connectivity index (χ0v) is 19.3. The minimum absolute atomic E-state index is 0.0688. The summed E-state index contributed by atoms with van der Waals surface area (Å²) in [7, 11) is 0. The van der Waals surface area contributed by atoms with E-state index in [1.807, 2.05) is 86.6 Å². The van der Waals surface area contributed by atoms with Crippen LogP contribution in [0.2, 0.25) is 0 Å². The molecule has 0 aliphatic rings. The third kappa shape index (κ3) is 5.21. The first kappa shape index (κ1) is 21.7. The van der Waals surface area contributed by atoms with Crippen molar-refractivity contribution in [2.75, 3.05) is 0 Å². The van der Waals surface area contributed by atoms with Crippen LogP contribution in [0.25, 0.3) is 22.2 Å². The highest BCUT2D eigenvalue weighted by atomic mass is 79.9. The van der Waals surface area contributed by atoms with Crippen molar-refractivity contribution < 1.29 is 9.53 Å². The number of aromatic nitrogens is 1. The molecule has 1 aromatic heterocycles. The van der Waals surface area contributed by atoms with E-state index in [0.717, 1.165) is 32.3 Å². The van der Waals surface area contributed by atoms with E-state index in [1.54, 1.807) is 12.3 Å². The molecule has 32 heavy (non-hydrogen) atoms. The van der Waals surface area contributed by atoms with Gasteiger partial charge in [0.2, 0.25) is 0 Å². The van der Waals surface area contributed by atoms with E-state index in [9.17, 15) is 4.79 Å². The Balaban J connectivity index is 1.67. The maximum atomic E-state index is 13.0. The molecule has 0 bridgehead atoms. The van der Waals surface area contributed by atoms with Gasteiger partial charge in [-0.25, -0.2) is 10.4 Å². The number of para-hydroxylation sites is 1. The lowest BCUT2D eigenvalue weighted by Crippen LogP contribution is -2.18. The van der Waals surface area contributed by atoms with E-state index in [2.05, 4.69) is 26.5 Å². The second-order valence-electron chi connectivity index (χ2n) is 7.52. The molecule has 160 valence electrons. The van der Waals surface area contributed by atoms with Gasteiger partial charge in [0.05, 0.1) is 29.1 Å². The predicted octanol–water partition coefficient (Wildman–Crippen LogP) is 6.22. The first-order valence-electron chi connectivity index (χ1n) is 10.3. The normalized spacial score (nSPS) is 11.2. The summed E-state index contributed by atoms with van der Waals surface area (Å²) in [6.45, 7) is 3.97. The third-order valence-corrected chi connectivity index (χ3v) is 5.18. The fraction of sp³-hybridized carbons (Fsp3) is 0.115. The molecular weight excluding hydrogens is 466 g/mol. The first-order chi connectivity index (χ1) is 15.5. The lowest BCUT2D eigenvalue weighted by atomic mass is 10.0. The summed E-state index contributed by atoms with van der Waals surface area (Å²) in [5.41, 5.74) is 6.33. The number of hydrazone groups is 1. The molecule has 0 aliphatic heterocycles. The monoisotopic (exact) mass is 487 g/mol. The maximum Gasteiger partial charge on any atom is 0.272 e. The number of carbonyl (C=O) groups is 1. The summed E-state index contributed by atoms with van der Waals surface area (Å²) in [5, 5.41) is 4.89. The average Bonchev–Trinajstić information content (AvgIpc) is 2.78. The summed E-state index contributed by atoms with van der Waals surface area (Å²) >= 11 is 3.43. The molecule has 0 radical (unpaired) electrons. The van der Waals surface area contributed by atoms with Crippen LogP contribution in [-0.4, -0.2) is 23.2 Å². The number of hydrogen-bond acceptors (Lipinski definition) is 4. The van der Waals surface area contributed by atoms with E-state index < -0.39 is 0 Å². The molecule has 0 aliphatic carbocycles. The molecule has 0 spiro atoms. The number of pyridine rings is 1.